The molecular weight excluding hydrogens is 212 g/mol. The van der Waals surface area contributed by atoms with Crippen molar-refractivity contribution in [2.45, 2.75) is 58.0 Å². The number of rotatable bonds is 3. The second-order valence-electron chi connectivity index (χ2n) is 5.92. The minimum Gasteiger partial charge on any atom is -0.338 e. The highest BCUT2D eigenvalue weighted by Gasteiger charge is 2.39. The van der Waals surface area contributed by atoms with Crippen LogP contribution in [0.1, 0.15) is 46.0 Å². The molecule has 1 saturated heterocycles. The fourth-order valence-electron chi connectivity index (χ4n) is 3.60. The Morgan fingerprint density at radius 3 is 2.53 bits per heavy atom. The van der Waals surface area contributed by atoms with Crippen molar-refractivity contribution in [3.63, 3.8) is 0 Å². The van der Waals surface area contributed by atoms with E-state index in [4.69, 9.17) is 0 Å². The first-order valence-electron chi connectivity index (χ1n) is 7.13. The van der Waals surface area contributed by atoms with Crippen LogP contribution in [-0.4, -0.2) is 36.5 Å². The van der Waals surface area contributed by atoms with Crippen molar-refractivity contribution in [1.82, 2.24) is 10.2 Å². The summed E-state index contributed by atoms with van der Waals surface area (Å²) < 4.78 is 0. The van der Waals surface area contributed by atoms with E-state index in [1.807, 2.05) is 7.05 Å². The molecule has 1 aliphatic heterocycles. The molecule has 98 valence electrons. The third-order valence-corrected chi connectivity index (χ3v) is 4.63. The second kappa shape index (κ2) is 5.38. The van der Waals surface area contributed by atoms with Gasteiger partial charge in [-0.1, -0.05) is 26.7 Å². The smallest absolute Gasteiger partial charge is 0.240 e. The Hall–Kier alpha value is -0.570. The largest absolute Gasteiger partial charge is 0.338 e. The van der Waals surface area contributed by atoms with Crippen molar-refractivity contribution in [1.29, 1.82) is 0 Å². The van der Waals surface area contributed by atoms with E-state index in [9.17, 15) is 4.79 Å². The molecule has 0 aromatic rings. The topological polar surface area (TPSA) is 32.3 Å². The summed E-state index contributed by atoms with van der Waals surface area (Å²) in [5, 5.41) is 3.14. The first-order valence-corrected chi connectivity index (χ1v) is 7.13. The van der Waals surface area contributed by atoms with E-state index in [0.29, 0.717) is 23.8 Å². The highest BCUT2D eigenvalue weighted by atomic mass is 16.2. The summed E-state index contributed by atoms with van der Waals surface area (Å²) in [5.41, 5.74) is 0. The van der Waals surface area contributed by atoms with Crippen molar-refractivity contribution in [3.8, 4) is 0 Å². The zero-order valence-corrected chi connectivity index (χ0v) is 11.4. The Labute approximate surface area is 105 Å². The Morgan fingerprint density at radius 2 is 1.94 bits per heavy atom. The molecule has 17 heavy (non-hydrogen) atoms. The molecule has 0 aromatic carbocycles. The van der Waals surface area contributed by atoms with Crippen molar-refractivity contribution >= 4 is 5.91 Å². The summed E-state index contributed by atoms with van der Waals surface area (Å²) in [4.78, 5) is 14.4. The van der Waals surface area contributed by atoms with Crippen LogP contribution in [0.5, 0.6) is 0 Å². The first-order chi connectivity index (χ1) is 8.15. The van der Waals surface area contributed by atoms with Gasteiger partial charge in [0.2, 0.25) is 5.91 Å². The summed E-state index contributed by atoms with van der Waals surface area (Å²) >= 11 is 0. The Bertz CT molecular complexity index is 277. The van der Waals surface area contributed by atoms with Gasteiger partial charge >= 0.3 is 0 Å². The molecule has 1 amide bonds. The van der Waals surface area contributed by atoms with E-state index in [0.717, 1.165) is 13.0 Å². The maximum absolute atomic E-state index is 12.3. The number of hydrogen-bond acceptors (Lipinski definition) is 2. The van der Waals surface area contributed by atoms with Gasteiger partial charge in [0.15, 0.2) is 0 Å². The van der Waals surface area contributed by atoms with Crippen molar-refractivity contribution in [3.05, 3.63) is 0 Å². The van der Waals surface area contributed by atoms with Gasteiger partial charge in [-0.15, -0.1) is 0 Å². The van der Waals surface area contributed by atoms with Gasteiger partial charge < -0.3 is 10.2 Å². The van der Waals surface area contributed by atoms with E-state index < -0.39 is 0 Å². The highest BCUT2D eigenvalue weighted by Crippen LogP contribution is 2.35. The maximum atomic E-state index is 12.3. The van der Waals surface area contributed by atoms with Crippen LogP contribution in [0, 0.1) is 11.8 Å². The number of hydrogen-bond donors (Lipinski definition) is 1. The van der Waals surface area contributed by atoms with Crippen LogP contribution in [0.25, 0.3) is 0 Å². The van der Waals surface area contributed by atoms with E-state index in [2.05, 4.69) is 24.1 Å². The van der Waals surface area contributed by atoms with Crippen LogP contribution < -0.4 is 5.32 Å². The molecule has 0 bridgehead atoms. The van der Waals surface area contributed by atoms with Crippen LogP contribution in [0.4, 0.5) is 0 Å². The number of amides is 1. The van der Waals surface area contributed by atoms with Gasteiger partial charge in [0, 0.05) is 12.6 Å². The molecule has 1 N–H and O–H groups in total. The van der Waals surface area contributed by atoms with E-state index in [-0.39, 0.29) is 6.04 Å². The first kappa shape index (κ1) is 12.9. The van der Waals surface area contributed by atoms with Gasteiger partial charge in [0.1, 0.15) is 0 Å². The lowest BCUT2D eigenvalue weighted by molar-refractivity contribution is -0.133. The van der Waals surface area contributed by atoms with Gasteiger partial charge in [0.05, 0.1) is 6.04 Å². The zero-order valence-electron chi connectivity index (χ0n) is 11.4. The summed E-state index contributed by atoms with van der Waals surface area (Å²) in [6.45, 7) is 5.57. The normalized spacial score (nSPS) is 34.7. The Morgan fingerprint density at radius 1 is 1.24 bits per heavy atom. The number of likely N-dealkylation sites (N-methyl/N-ethyl adjacent to an activating group) is 1. The molecule has 3 heteroatoms. The fraction of sp³-hybridized carbons (Fsp3) is 0.929. The van der Waals surface area contributed by atoms with Crippen LogP contribution >= 0.6 is 0 Å². The summed E-state index contributed by atoms with van der Waals surface area (Å²) in [7, 11) is 1.90. The number of nitrogens with one attached hydrogen (secondary N) is 1. The maximum Gasteiger partial charge on any atom is 0.240 e. The quantitative estimate of drug-likeness (QED) is 0.816. The number of carbonyl (C=O) groups is 1. The predicted molar refractivity (Wildman–Crippen MR) is 69.8 cm³/mol. The molecule has 1 saturated carbocycles. The molecule has 3 nitrogen and oxygen atoms in total. The molecule has 1 heterocycles. The minimum absolute atomic E-state index is 0.0738. The Kier molecular flexibility index (Phi) is 4.08. The summed E-state index contributed by atoms with van der Waals surface area (Å²) in [6, 6.07) is 0.583. The van der Waals surface area contributed by atoms with Crippen LogP contribution in [0.15, 0.2) is 0 Å². The average Bonchev–Trinajstić information content (AvgIpc) is 2.70. The molecule has 2 fully saturated rings. The lowest BCUT2D eigenvalue weighted by Gasteiger charge is -2.40. The third-order valence-electron chi connectivity index (χ3n) is 4.63. The van der Waals surface area contributed by atoms with Crippen molar-refractivity contribution < 1.29 is 4.79 Å². The SMILES string of the molecule is CNC1CCN(C2CCCCC2C(C)C)C1=O. The van der Waals surface area contributed by atoms with Gasteiger partial charge in [-0.3, -0.25) is 4.79 Å². The van der Waals surface area contributed by atoms with Crippen LogP contribution in [0.3, 0.4) is 0 Å². The molecule has 2 aliphatic rings. The van der Waals surface area contributed by atoms with Crippen LogP contribution in [-0.2, 0) is 4.79 Å². The summed E-state index contributed by atoms with van der Waals surface area (Å²) in [6.07, 6.45) is 6.14. The predicted octanol–water partition coefficient (Wildman–Crippen LogP) is 2.02. The molecule has 0 aromatic heterocycles. The Balaban J connectivity index is 2.07. The zero-order chi connectivity index (χ0) is 12.4. The molecule has 1 aliphatic carbocycles. The van der Waals surface area contributed by atoms with E-state index >= 15 is 0 Å². The van der Waals surface area contributed by atoms with Crippen molar-refractivity contribution in [2.24, 2.45) is 11.8 Å². The molecule has 3 atom stereocenters. The fourth-order valence-corrected chi connectivity index (χ4v) is 3.60. The van der Waals surface area contributed by atoms with Gasteiger partial charge in [0.25, 0.3) is 0 Å². The van der Waals surface area contributed by atoms with E-state index in [1.165, 1.54) is 25.7 Å². The van der Waals surface area contributed by atoms with Gasteiger partial charge in [-0.25, -0.2) is 0 Å². The minimum atomic E-state index is 0.0738. The van der Waals surface area contributed by atoms with Gasteiger partial charge in [-0.2, -0.15) is 0 Å². The third kappa shape index (κ3) is 2.49. The molecule has 3 unspecified atom stereocenters. The average molecular weight is 238 g/mol. The lowest BCUT2D eigenvalue weighted by atomic mass is 9.77. The second-order valence-corrected chi connectivity index (χ2v) is 5.92. The van der Waals surface area contributed by atoms with Crippen molar-refractivity contribution in [2.75, 3.05) is 13.6 Å². The number of nitrogens with zero attached hydrogens (tertiary/aromatic N) is 1. The molecule has 0 spiro atoms. The number of carbonyl (C=O) groups excluding carboxylic acids is 1. The highest BCUT2D eigenvalue weighted by molar-refractivity contribution is 5.84. The number of likely N-dealkylation sites (tertiary alicyclic amines) is 1. The molecule has 0 radical (unpaired) electrons. The molecular formula is C14H26N2O. The summed E-state index contributed by atoms with van der Waals surface area (Å²) in [5.74, 6) is 1.75. The lowest BCUT2D eigenvalue weighted by Crippen LogP contribution is -2.47. The monoisotopic (exact) mass is 238 g/mol. The van der Waals surface area contributed by atoms with Crippen LogP contribution in [0.2, 0.25) is 0 Å². The molecule has 2 rings (SSSR count). The van der Waals surface area contributed by atoms with Gasteiger partial charge in [-0.05, 0) is 38.1 Å². The standard InChI is InChI=1S/C14H26N2O/c1-10(2)11-6-4-5-7-13(11)16-9-8-12(15-3)14(16)17/h10-13,15H,4-9H2,1-3H3. The van der Waals surface area contributed by atoms with E-state index in [1.54, 1.807) is 0 Å².